The van der Waals surface area contributed by atoms with Gasteiger partial charge in [0.25, 0.3) is 0 Å². The summed E-state index contributed by atoms with van der Waals surface area (Å²) in [6, 6.07) is 13.6. The Kier molecular flexibility index (Phi) is 6.83. The molecule has 0 saturated carbocycles. The summed E-state index contributed by atoms with van der Waals surface area (Å²) in [5, 5.41) is 0. The average Bonchev–Trinajstić information content (AvgIpc) is 2.63. The molecule has 0 aliphatic heterocycles. The van der Waals surface area contributed by atoms with Gasteiger partial charge in [0.15, 0.2) is 0 Å². The standard InChI is InChI=1S/C21H23F3N2O2/c1-15(2)25(13-17-7-5-4-6-8-17)20(28)14-26(16(3)27)19-11-9-18(10-12-19)21(22,23)24/h4-12,15H,13-14H2,1-3H3. The van der Waals surface area contributed by atoms with Crippen molar-refractivity contribution in [3.8, 4) is 0 Å². The number of carbonyl (C=O) groups is 2. The Bertz CT molecular complexity index is 803. The Labute approximate surface area is 162 Å². The second kappa shape index (κ2) is 8.91. The van der Waals surface area contributed by atoms with Crippen molar-refractivity contribution in [1.29, 1.82) is 0 Å². The summed E-state index contributed by atoms with van der Waals surface area (Å²) in [6.07, 6.45) is -4.46. The third-order valence-corrected chi connectivity index (χ3v) is 4.32. The quantitative estimate of drug-likeness (QED) is 0.727. The number of anilines is 1. The van der Waals surface area contributed by atoms with Crippen LogP contribution in [0.4, 0.5) is 18.9 Å². The van der Waals surface area contributed by atoms with Crippen LogP contribution in [-0.4, -0.2) is 29.3 Å². The van der Waals surface area contributed by atoms with E-state index in [-0.39, 0.29) is 24.2 Å². The minimum atomic E-state index is -4.46. The number of nitrogens with zero attached hydrogens (tertiary/aromatic N) is 2. The maximum absolute atomic E-state index is 12.9. The molecule has 0 atom stereocenters. The molecule has 0 N–H and O–H groups in total. The topological polar surface area (TPSA) is 40.6 Å². The van der Waals surface area contributed by atoms with Crippen LogP contribution in [0.1, 0.15) is 31.9 Å². The molecule has 0 saturated heterocycles. The van der Waals surface area contributed by atoms with E-state index in [1.165, 1.54) is 24.0 Å². The van der Waals surface area contributed by atoms with Gasteiger partial charge >= 0.3 is 6.18 Å². The van der Waals surface area contributed by atoms with Gasteiger partial charge in [-0.25, -0.2) is 0 Å². The second-order valence-corrected chi connectivity index (χ2v) is 6.75. The lowest BCUT2D eigenvalue weighted by molar-refractivity contribution is -0.137. The number of amides is 2. The molecule has 0 heterocycles. The fourth-order valence-corrected chi connectivity index (χ4v) is 2.78. The lowest BCUT2D eigenvalue weighted by Crippen LogP contribution is -2.44. The third kappa shape index (κ3) is 5.58. The van der Waals surface area contributed by atoms with E-state index in [4.69, 9.17) is 0 Å². The number of rotatable bonds is 6. The number of carbonyl (C=O) groups excluding carboxylic acids is 2. The van der Waals surface area contributed by atoms with E-state index in [2.05, 4.69) is 0 Å². The summed E-state index contributed by atoms with van der Waals surface area (Å²) >= 11 is 0. The Morgan fingerprint density at radius 1 is 0.964 bits per heavy atom. The zero-order valence-corrected chi connectivity index (χ0v) is 16.0. The average molecular weight is 392 g/mol. The van der Waals surface area contributed by atoms with E-state index in [0.29, 0.717) is 6.54 Å². The molecule has 2 aromatic carbocycles. The molecule has 0 aliphatic rings. The highest BCUT2D eigenvalue weighted by Gasteiger charge is 2.30. The second-order valence-electron chi connectivity index (χ2n) is 6.75. The first-order valence-electron chi connectivity index (χ1n) is 8.88. The molecule has 0 unspecified atom stereocenters. The fraction of sp³-hybridized carbons (Fsp3) is 0.333. The van der Waals surface area contributed by atoms with Gasteiger partial charge in [-0.05, 0) is 43.7 Å². The lowest BCUT2D eigenvalue weighted by Gasteiger charge is -2.30. The summed E-state index contributed by atoms with van der Waals surface area (Å²) in [5.41, 5.74) is 0.393. The molecule has 2 rings (SSSR count). The maximum Gasteiger partial charge on any atom is 0.416 e. The molecule has 0 fully saturated rings. The minimum Gasteiger partial charge on any atom is -0.334 e. The van der Waals surface area contributed by atoms with Crippen molar-refractivity contribution in [2.24, 2.45) is 0 Å². The van der Waals surface area contributed by atoms with Gasteiger partial charge in [-0.2, -0.15) is 13.2 Å². The van der Waals surface area contributed by atoms with Crippen molar-refractivity contribution in [3.05, 3.63) is 65.7 Å². The van der Waals surface area contributed by atoms with E-state index in [1.807, 2.05) is 44.2 Å². The summed E-state index contributed by atoms with van der Waals surface area (Å²) in [5.74, 6) is -0.703. The maximum atomic E-state index is 12.9. The first-order valence-corrected chi connectivity index (χ1v) is 8.88. The van der Waals surface area contributed by atoms with Gasteiger partial charge in [0.2, 0.25) is 11.8 Å². The molecule has 2 amide bonds. The van der Waals surface area contributed by atoms with Gasteiger partial charge < -0.3 is 9.80 Å². The number of alkyl halides is 3. The van der Waals surface area contributed by atoms with E-state index >= 15 is 0 Å². The molecule has 0 spiro atoms. The molecule has 0 bridgehead atoms. The van der Waals surface area contributed by atoms with Crippen LogP contribution in [0, 0.1) is 0 Å². The van der Waals surface area contributed by atoms with Gasteiger partial charge in [0.05, 0.1) is 5.56 Å². The lowest BCUT2D eigenvalue weighted by atomic mass is 10.1. The number of hydrogen-bond donors (Lipinski definition) is 0. The van der Waals surface area contributed by atoms with Crippen LogP contribution < -0.4 is 4.90 Å². The summed E-state index contributed by atoms with van der Waals surface area (Å²) in [4.78, 5) is 27.7. The molecule has 0 radical (unpaired) electrons. The molecule has 0 aliphatic carbocycles. The van der Waals surface area contributed by atoms with Crippen molar-refractivity contribution in [1.82, 2.24) is 4.90 Å². The Balaban J connectivity index is 2.19. The van der Waals surface area contributed by atoms with Crippen LogP contribution in [0.2, 0.25) is 0 Å². The van der Waals surface area contributed by atoms with Crippen LogP contribution >= 0.6 is 0 Å². The van der Waals surface area contributed by atoms with Crippen LogP contribution in [0.15, 0.2) is 54.6 Å². The molecule has 28 heavy (non-hydrogen) atoms. The van der Waals surface area contributed by atoms with E-state index < -0.39 is 17.6 Å². The predicted molar refractivity (Wildman–Crippen MR) is 102 cm³/mol. The Morgan fingerprint density at radius 2 is 1.54 bits per heavy atom. The van der Waals surface area contributed by atoms with Gasteiger partial charge in [-0.15, -0.1) is 0 Å². The van der Waals surface area contributed by atoms with Crippen LogP contribution in [0.5, 0.6) is 0 Å². The summed E-state index contributed by atoms with van der Waals surface area (Å²) in [7, 11) is 0. The Morgan fingerprint density at radius 3 is 2.00 bits per heavy atom. The molecular formula is C21H23F3N2O2. The van der Waals surface area contributed by atoms with Crippen LogP contribution in [-0.2, 0) is 22.3 Å². The first-order chi connectivity index (χ1) is 13.1. The summed E-state index contributed by atoms with van der Waals surface area (Å²) in [6.45, 7) is 5.16. The van der Waals surface area contributed by atoms with Crippen molar-refractivity contribution < 1.29 is 22.8 Å². The molecule has 2 aromatic rings. The molecule has 4 nitrogen and oxygen atoms in total. The zero-order chi connectivity index (χ0) is 20.9. The highest BCUT2D eigenvalue weighted by Crippen LogP contribution is 2.30. The van der Waals surface area contributed by atoms with Crippen molar-refractivity contribution >= 4 is 17.5 Å². The number of hydrogen-bond acceptors (Lipinski definition) is 2. The van der Waals surface area contributed by atoms with E-state index in [1.54, 1.807) is 4.90 Å². The first kappa shape index (κ1) is 21.5. The van der Waals surface area contributed by atoms with Gasteiger partial charge in [0.1, 0.15) is 6.54 Å². The Hall–Kier alpha value is -2.83. The van der Waals surface area contributed by atoms with Crippen LogP contribution in [0.25, 0.3) is 0 Å². The highest BCUT2D eigenvalue weighted by atomic mass is 19.4. The summed E-state index contributed by atoms with van der Waals surface area (Å²) < 4.78 is 38.2. The van der Waals surface area contributed by atoms with Gasteiger partial charge in [-0.3, -0.25) is 9.59 Å². The van der Waals surface area contributed by atoms with Gasteiger partial charge in [-0.1, -0.05) is 30.3 Å². The monoisotopic (exact) mass is 392 g/mol. The molecule has 0 aromatic heterocycles. The van der Waals surface area contributed by atoms with Gasteiger partial charge in [0, 0.05) is 25.2 Å². The number of benzene rings is 2. The number of halogens is 3. The van der Waals surface area contributed by atoms with E-state index in [0.717, 1.165) is 17.7 Å². The fourth-order valence-electron chi connectivity index (χ4n) is 2.78. The van der Waals surface area contributed by atoms with Crippen LogP contribution in [0.3, 0.4) is 0 Å². The molecule has 7 heteroatoms. The smallest absolute Gasteiger partial charge is 0.334 e. The third-order valence-electron chi connectivity index (χ3n) is 4.32. The molecular weight excluding hydrogens is 369 g/mol. The normalized spacial score (nSPS) is 11.4. The van der Waals surface area contributed by atoms with Crippen molar-refractivity contribution in [2.45, 2.75) is 39.5 Å². The van der Waals surface area contributed by atoms with Crippen molar-refractivity contribution in [3.63, 3.8) is 0 Å². The molecule has 150 valence electrons. The predicted octanol–water partition coefficient (Wildman–Crippen LogP) is 4.50. The van der Waals surface area contributed by atoms with E-state index in [9.17, 15) is 22.8 Å². The SMILES string of the molecule is CC(=O)N(CC(=O)N(Cc1ccccc1)C(C)C)c1ccc(C(F)(F)F)cc1. The minimum absolute atomic E-state index is 0.103. The van der Waals surface area contributed by atoms with Crippen molar-refractivity contribution in [2.75, 3.05) is 11.4 Å². The highest BCUT2D eigenvalue weighted by molar-refractivity contribution is 5.97. The largest absolute Gasteiger partial charge is 0.416 e. The zero-order valence-electron chi connectivity index (χ0n) is 16.0.